The standard InChI is InChI=1S/C20H30N4O5S2/c25-20(15-22-9-11-23(12-10-22)18-6-13-30(26,27)16-18)21-17-4-3-5-19(14-17)31(28,29)24-7-1-2-8-24/h3-5,14,18H,1-2,6-13,15-16H2,(H,21,25). The van der Waals surface area contributed by atoms with E-state index in [0.717, 1.165) is 25.9 Å². The molecule has 9 nitrogen and oxygen atoms in total. The minimum Gasteiger partial charge on any atom is -0.325 e. The lowest BCUT2D eigenvalue weighted by Crippen LogP contribution is -2.52. The molecule has 3 heterocycles. The normalized spacial score (nSPS) is 25.6. The van der Waals surface area contributed by atoms with Crippen LogP contribution in [0.2, 0.25) is 0 Å². The molecule has 4 rings (SSSR count). The predicted molar refractivity (Wildman–Crippen MR) is 118 cm³/mol. The lowest BCUT2D eigenvalue weighted by atomic mass is 10.2. The van der Waals surface area contributed by atoms with Crippen molar-refractivity contribution in [1.29, 1.82) is 0 Å². The number of nitrogens with zero attached hydrogens (tertiary/aromatic N) is 3. The van der Waals surface area contributed by atoms with E-state index in [2.05, 4.69) is 10.2 Å². The number of amides is 1. The molecule has 1 atom stereocenters. The van der Waals surface area contributed by atoms with Crippen LogP contribution in [0.1, 0.15) is 19.3 Å². The number of benzene rings is 1. The van der Waals surface area contributed by atoms with Crippen molar-refractivity contribution in [3.63, 3.8) is 0 Å². The Kier molecular flexibility index (Phi) is 6.68. The number of piperazine rings is 1. The lowest BCUT2D eigenvalue weighted by molar-refractivity contribution is -0.117. The molecule has 11 heteroatoms. The third kappa shape index (κ3) is 5.46. The third-order valence-electron chi connectivity index (χ3n) is 6.32. The molecule has 0 radical (unpaired) electrons. The first-order chi connectivity index (χ1) is 14.7. The van der Waals surface area contributed by atoms with Gasteiger partial charge in [-0.25, -0.2) is 16.8 Å². The second-order valence-electron chi connectivity index (χ2n) is 8.56. The summed E-state index contributed by atoms with van der Waals surface area (Å²) >= 11 is 0. The highest BCUT2D eigenvalue weighted by molar-refractivity contribution is 7.91. The van der Waals surface area contributed by atoms with E-state index in [-0.39, 0.29) is 34.9 Å². The molecule has 172 valence electrons. The highest BCUT2D eigenvalue weighted by Gasteiger charge is 2.34. The van der Waals surface area contributed by atoms with Gasteiger partial charge in [0.2, 0.25) is 15.9 Å². The largest absolute Gasteiger partial charge is 0.325 e. The summed E-state index contributed by atoms with van der Waals surface area (Å²) in [5, 5.41) is 2.81. The zero-order chi connectivity index (χ0) is 22.1. The van der Waals surface area contributed by atoms with Gasteiger partial charge in [-0.15, -0.1) is 0 Å². The highest BCUT2D eigenvalue weighted by atomic mass is 32.2. The number of carbonyl (C=O) groups excluding carboxylic acids is 1. The van der Waals surface area contributed by atoms with Gasteiger partial charge < -0.3 is 5.32 Å². The summed E-state index contributed by atoms with van der Waals surface area (Å²) in [6, 6.07) is 6.52. The van der Waals surface area contributed by atoms with E-state index >= 15 is 0 Å². The van der Waals surface area contributed by atoms with E-state index in [1.807, 2.05) is 4.90 Å². The maximum absolute atomic E-state index is 12.7. The van der Waals surface area contributed by atoms with Crippen LogP contribution >= 0.6 is 0 Å². The number of nitrogens with one attached hydrogen (secondary N) is 1. The fourth-order valence-corrected chi connectivity index (χ4v) is 7.89. The van der Waals surface area contributed by atoms with E-state index in [1.165, 1.54) is 10.4 Å². The van der Waals surface area contributed by atoms with Gasteiger partial charge in [-0.05, 0) is 37.5 Å². The first-order valence-corrected chi connectivity index (χ1v) is 14.1. The molecule has 1 aromatic carbocycles. The van der Waals surface area contributed by atoms with Crippen LogP contribution < -0.4 is 5.32 Å². The van der Waals surface area contributed by atoms with Crippen molar-refractivity contribution >= 4 is 31.5 Å². The molecule has 0 aromatic heterocycles. The Morgan fingerprint density at radius 3 is 2.42 bits per heavy atom. The van der Waals surface area contributed by atoms with Crippen LogP contribution in [0.3, 0.4) is 0 Å². The fourth-order valence-electron chi connectivity index (χ4n) is 4.57. The van der Waals surface area contributed by atoms with Crippen LogP contribution in [0, 0.1) is 0 Å². The zero-order valence-electron chi connectivity index (χ0n) is 17.6. The lowest BCUT2D eigenvalue weighted by Gasteiger charge is -2.37. The van der Waals surface area contributed by atoms with Gasteiger partial charge in [0.25, 0.3) is 0 Å². The predicted octanol–water partition coefficient (Wildman–Crippen LogP) is 0.214. The molecule has 3 saturated heterocycles. The van der Waals surface area contributed by atoms with E-state index in [9.17, 15) is 21.6 Å². The van der Waals surface area contributed by atoms with Gasteiger partial charge in [0.1, 0.15) is 0 Å². The molecule has 1 N–H and O–H groups in total. The minimum absolute atomic E-state index is 0.0984. The van der Waals surface area contributed by atoms with Gasteiger partial charge in [-0.2, -0.15) is 4.31 Å². The van der Waals surface area contributed by atoms with Crippen molar-refractivity contribution < 1.29 is 21.6 Å². The number of carbonyl (C=O) groups is 1. The maximum Gasteiger partial charge on any atom is 0.243 e. The number of hydrogen-bond acceptors (Lipinski definition) is 7. The van der Waals surface area contributed by atoms with Gasteiger partial charge in [0.15, 0.2) is 9.84 Å². The summed E-state index contributed by atoms with van der Waals surface area (Å²) in [5.41, 5.74) is 0.472. The molecule has 3 aliphatic heterocycles. The smallest absolute Gasteiger partial charge is 0.243 e. The summed E-state index contributed by atoms with van der Waals surface area (Å²) in [6.07, 6.45) is 2.44. The van der Waals surface area contributed by atoms with Crippen molar-refractivity contribution in [2.45, 2.75) is 30.2 Å². The molecular formula is C20H30N4O5S2. The van der Waals surface area contributed by atoms with Crippen molar-refractivity contribution in [3.8, 4) is 0 Å². The van der Waals surface area contributed by atoms with E-state index in [1.54, 1.807) is 18.2 Å². The number of hydrogen-bond donors (Lipinski definition) is 1. The Labute approximate surface area is 184 Å². The number of anilines is 1. The zero-order valence-corrected chi connectivity index (χ0v) is 19.2. The van der Waals surface area contributed by atoms with Crippen molar-refractivity contribution in [3.05, 3.63) is 24.3 Å². The Hall–Kier alpha value is -1.53. The summed E-state index contributed by atoms with van der Waals surface area (Å²) in [7, 11) is -6.42. The minimum atomic E-state index is -3.52. The molecule has 3 fully saturated rings. The fraction of sp³-hybridized carbons (Fsp3) is 0.650. The number of sulfone groups is 1. The van der Waals surface area contributed by atoms with Gasteiger partial charge in [-0.3, -0.25) is 14.6 Å². The second kappa shape index (κ2) is 9.14. The van der Waals surface area contributed by atoms with Crippen molar-refractivity contribution in [2.75, 3.05) is 62.6 Å². The SMILES string of the molecule is O=C(CN1CCN(C2CCS(=O)(=O)C2)CC1)Nc1cccc(S(=O)(=O)N2CCCC2)c1. The topological polar surface area (TPSA) is 107 Å². The van der Waals surface area contributed by atoms with Gasteiger partial charge >= 0.3 is 0 Å². The molecule has 1 aromatic rings. The molecule has 0 aliphatic carbocycles. The highest BCUT2D eigenvalue weighted by Crippen LogP contribution is 2.23. The molecule has 1 amide bonds. The van der Waals surface area contributed by atoms with Gasteiger partial charge in [0, 0.05) is 51.0 Å². The quantitative estimate of drug-likeness (QED) is 0.634. The number of rotatable bonds is 6. The summed E-state index contributed by atoms with van der Waals surface area (Å²) in [6.45, 7) is 4.20. The maximum atomic E-state index is 12.7. The van der Waals surface area contributed by atoms with Crippen LogP contribution in [0.25, 0.3) is 0 Å². The van der Waals surface area contributed by atoms with Gasteiger partial charge in [-0.1, -0.05) is 6.07 Å². The van der Waals surface area contributed by atoms with Crippen molar-refractivity contribution in [1.82, 2.24) is 14.1 Å². The average molecular weight is 471 g/mol. The van der Waals surface area contributed by atoms with Crippen LogP contribution in [0.5, 0.6) is 0 Å². The van der Waals surface area contributed by atoms with Crippen LogP contribution in [0.4, 0.5) is 5.69 Å². The van der Waals surface area contributed by atoms with Crippen LogP contribution in [-0.2, 0) is 24.7 Å². The molecule has 0 bridgehead atoms. The summed E-state index contributed by atoms with van der Waals surface area (Å²) in [4.78, 5) is 17.0. The first-order valence-electron chi connectivity index (χ1n) is 10.8. The third-order valence-corrected chi connectivity index (χ3v) is 9.96. The second-order valence-corrected chi connectivity index (χ2v) is 12.7. The Balaban J connectivity index is 1.29. The Morgan fingerprint density at radius 2 is 1.77 bits per heavy atom. The van der Waals surface area contributed by atoms with Crippen molar-refractivity contribution in [2.24, 2.45) is 0 Å². The van der Waals surface area contributed by atoms with E-state index < -0.39 is 19.9 Å². The first kappa shape index (κ1) is 22.7. The average Bonchev–Trinajstić information content (AvgIpc) is 3.39. The Bertz CT molecular complexity index is 1010. The summed E-state index contributed by atoms with van der Waals surface area (Å²) in [5.74, 6) is 0.324. The van der Waals surface area contributed by atoms with E-state index in [4.69, 9.17) is 0 Å². The molecule has 3 aliphatic rings. The van der Waals surface area contributed by atoms with Crippen LogP contribution in [-0.4, -0.2) is 100 Å². The molecule has 0 saturated carbocycles. The Morgan fingerprint density at radius 1 is 1.06 bits per heavy atom. The monoisotopic (exact) mass is 470 g/mol. The molecule has 31 heavy (non-hydrogen) atoms. The summed E-state index contributed by atoms with van der Waals surface area (Å²) < 4.78 is 50.3. The molecule has 0 spiro atoms. The number of sulfonamides is 1. The molecular weight excluding hydrogens is 440 g/mol. The van der Waals surface area contributed by atoms with Crippen LogP contribution in [0.15, 0.2) is 29.2 Å². The molecule has 1 unspecified atom stereocenters. The van der Waals surface area contributed by atoms with E-state index in [0.29, 0.717) is 38.3 Å². The van der Waals surface area contributed by atoms with Gasteiger partial charge in [0.05, 0.1) is 22.9 Å².